The van der Waals surface area contributed by atoms with E-state index in [4.69, 9.17) is 9.47 Å². The Labute approximate surface area is 244 Å². The fourth-order valence-electron chi connectivity index (χ4n) is 4.72. The van der Waals surface area contributed by atoms with Gasteiger partial charge in [-0.2, -0.15) is 0 Å². The highest BCUT2D eigenvalue weighted by Gasteiger charge is 2.25. The summed E-state index contributed by atoms with van der Waals surface area (Å²) in [6, 6.07) is 20.8. The number of hydrogen-bond donors (Lipinski definition) is 2. The number of hydrogen-bond acceptors (Lipinski definition) is 8. The van der Waals surface area contributed by atoms with Crippen LogP contribution in [0.3, 0.4) is 0 Å². The largest absolute Gasteiger partial charge is 0.512 e. The third-order valence-electron chi connectivity index (χ3n) is 6.47. The van der Waals surface area contributed by atoms with Gasteiger partial charge in [0.1, 0.15) is 10.8 Å². The number of benzene rings is 3. The van der Waals surface area contributed by atoms with Gasteiger partial charge in [0.25, 0.3) is 0 Å². The van der Waals surface area contributed by atoms with Gasteiger partial charge in [-0.3, -0.25) is 10.2 Å². The van der Waals surface area contributed by atoms with Crippen molar-refractivity contribution >= 4 is 55.9 Å². The summed E-state index contributed by atoms with van der Waals surface area (Å²) in [5.41, 5.74) is 4.21. The number of aromatic nitrogens is 2. The van der Waals surface area contributed by atoms with Gasteiger partial charge in [0.2, 0.25) is 5.88 Å². The molecule has 3 heterocycles. The Morgan fingerprint density at radius 2 is 1.78 bits per heavy atom. The van der Waals surface area contributed by atoms with Crippen molar-refractivity contribution in [3.63, 3.8) is 0 Å². The molecule has 0 unspecified atom stereocenters. The van der Waals surface area contributed by atoms with Crippen molar-refractivity contribution in [3.05, 3.63) is 72.3 Å². The minimum atomic E-state index is -1.44. The van der Waals surface area contributed by atoms with Gasteiger partial charge < -0.3 is 14.6 Å². The van der Waals surface area contributed by atoms with E-state index in [9.17, 15) is 14.7 Å². The number of anilines is 2. The lowest BCUT2D eigenvalue weighted by atomic mass is 10.00. The topological polar surface area (TPSA) is 114 Å². The average molecular weight is 587 g/mol. The summed E-state index contributed by atoms with van der Waals surface area (Å²) in [7, 11) is 0. The second kappa shape index (κ2) is 11.2. The maximum absolute atomic E-state index is 13.4. The number of carbonyl (C=O) groups excluding carboxylic acids is 1. The summed E-state index contributed by atoms with van der Waals surface area (Å²) < 4.78 is 11.8. The van der Waals surface area contributed by atoms with Crippen molar-refractivity contribution in [1.82, 2.24) is 9.97 Å². The van der Waals surface area contributed by atoms with Crippen LogP contribution in [0.5, 0.6) is 11.6 Å². The molecule has 0 saturated carbocycles. The number of amides is 2. The number of para-hydroxylation sites is 1. The molecule has 11 heteroatoms. The molecule has 208 valence electrons. The molecule has 2 aromatic heterocycles. The smallest absolute Gasteiger partial charge is 0.491 e. The molecular formula is C30H26N4O5S2. The van der Waals surface area contributed by atoms with Crippen molar-refractivity contribution in [1.29, 1.82) is 0 Å². The number of nitrogens with one attached hydrogen (secondary N) is 1. The number of rotatable bonds is 6. The van der Waals surface area contributed by atoms with Crippen molar-refractivity contribution in [2.24, 2.45) is 0 Å². The molecule has 1 aliphatic heterocycles. The molecule has 6 rings (SSSR count). The number of thiazole rings is 2. The number of carbonyl (C=O) groups is 2. The summed E-state index contributed by atoms with van der Waals surface area (Å²) in [5, 5.41) is 13.4. The van der Waals surface area contributed by atoms with Crippen LogP contribution in [-0.4, -0.2) is 39.9 Å². The fourth-order valence-corrected chi connectivity index (χ4v) is 6.57. The van der Waals surface area contributed by atoms with E-state index in [0.29, 0.717) is 27.3 Å². The number of ether oxygens (including phenoxy) is 2. The summed E-state index contributed by atoms with van der Waals surface area (Å²) in [4.78, 5) is 36.2. The first-order valence-corrected chi connectivity index (χ1v) is 14.7. The Hall–Kier alpha value is -4.48. The van der Waals surface area contributed by atoms with Crippen molar-refractivity contribution in [3.8, 4) is 32.6 Å². The molecule has 2 amide bonds. The van der Waals surface area contributed by atoms with Gasteiger partial charge >= 0.3 is 12.2 Å². The van der Waals surface area contributed by atoms with Crippen LogP contribution in [0.25, 0.3) is 31.2 Å². The van der Waals surface area contributed by atoms with Crippen LogP contribution in [0, 0.1) is 0 Å². The zero-order valence-corrected chi connectivity index (χ0v) is 23.9. The predicted molar refractivity (Wildman–Crippen MR) is 162 cm³/mol. The third-order valence-corrected chi connectivity index (χ3v) is 8.56. The van der Waals surface area contributed by atoms with Crippen molar-refractivity contribution < 1.29 is 24.2 Å². The van der Waals surface area contributed by atoms with Gasteiger partial charge in [0.15, 0.2) is 5.13 Å². The molecule has 0 saturated heterocycles. The Kier molecular flexibility index (Phi) is 7.29. The van der Waals surface area contributed by atoms with E-state index in [1.54, 1.807) is 4.90 Å². The number of urea groups is 1. The van der Waals surface area contributed by atoms with Gasteiger partial charge in [0, 0.05) is 17.8 Å². The lowest BCUT2D eigenvalue weighted by Gasteiger charge is -2.29. The van der Waals surface area contributed by atoms with Crippen LogP contribution in [0.1, 0.15) is 25.8 Å². The normalized spacial score (nSPS) is 12.8. The van der Waals surface area contributed by atoms with Gasteiger partial charge in [-0.25, -0.2) is 19.6 Å². The van der Waals surface area contributed by atoms with E-state index in [-0.39, 0.29) is 18.0 Å². The summed E-state index contributed by atoms with van der Waals surface area (Å²) in [6.07, 6.45) is 0.287. The van der Waals surface area contributed by atoms with Crippen molar-refractivity contribution in [2.45, 2.75) is 32.8 Å². The summed E-state index contributed by atoms with van der Waals surface area (Å²) in [5.74, 6) is 0.728. The first-order chi connectivity index (χ1) is 19.8. The molecule has 9 nitrogen and oxygen atoms in total. The second-order valence-corrected chi connectivity index (χ2v) is 11.8. The highest BCUT2D eigenvalue weighted by Crippen LogP contribution is 2.42. The van der Waals surface area contributed by atoms with Crippen LogP contribution in [-0.2, 0) is 6.42 Å². The maximum atomic E-state index is 13.4. The van der Waals surface area contributed by atoms with Gasteiger partial charge in [-0.1, -0.05) is 35.6 Å². The molecule has 2 N–H and O–H groups in total. The highest BCUT2D eigenvalue weighted by molar-refractivity contribution is 7.22. The Balaban J connectivity index is 1.31. The molecule has 0 spiro atoms. The number of fused-ring (bicyclic) bond motifs is 2. The number of carboxylic acid groups (broad SMARTS) is 1. The van der Waals surface area contributed by atoms with E-state index in [1.165, 1.54) is 22.7 Å². The highest BCUT2D eigenvalue weighted by atomic mass is 32.1. The fraction of sp³-hybridized carbons (Fsp3) is 0.200. The van der Waals surface area contributed by atoms with Gasteiger partial charge in [0.05, 0.1) is 21.2 Å². The molecule has 0 radical (unpaired) electrons. The monoisotopic (exact) mass is 586 g/mol. The van der Waals surface area contributed by atoms with Crippen LogP contribution in [0.2, 0.25) is 0 Å². The van der Waals surface area contributed by atoms with E-state index in [2.05, 4.69) is 15.3 Å². The van der Waals surface area contributed by atoms with Crippen LogP contribution < -0.4 is 19.7 Å². The maximum Gasteiger partial charge on any atom is 0.512 e. The molecule has 0 atom stereocenters. The molecule has 0 aliphatic carbocycles. The molecule has 41 heavy (non-hydrogen) atoms. The average Bonchev–Trinajstić information content (AvgIpc) is 3.56. The number of nitrogens with zero attached hydrogens (tertiary/aromatic N) is 3. The Morgan fingerprint density at radius 3 is 2.54 bits per heavy atom. The Morgan fingerprint density at radius 1 is 1.00 bits per heavy atom. The molecule has 1 aliphatic rings. The van der Waals surface area contributed by atoms with E-state index < -0.39 is 6.16 Å². The van der Waals surface area contributed by atoms with Crippen molar-refractivity contribution in [2.75, 3.05) is 16.8 Å². The molecule has 5 aromatic rings. The van der Waals surface area contributed by atoms with Crippen LogP contribution in [0.15, 0.2) is 66.7 Å². The Bertz CT molecular complexity index is 1710. The van der Waals surface area contributed by atoms with E-state index >= 15 is 0 Å². The summed E-state index contributed by atoms with van der Waals surface area (Å²) in [6.45, 7) is 4.47. The van der Waals surface area contributed by atoms with Crippen LogP contribution >= 0.6 is 22.7 Å². The zero-order valence-electron chi connectivity index (χ0n) is 22.3. The quantitative estimate of drug-likeness (QED) is 0.194. The summed E-state index contributed by atoms with van der Waals surface area (Å²) >= 11 is 2.76. The molecule has 0 fully saturated rings. The number of aryl methyl sites for hydroxylation is 1. The first kappa shape index (κ1) is 26.7. The lowest BCUT2D eigenvalue weighted by Crippen LogP contribution is -2.38. The molecular weight excluding hydrogens is 560 g/mol. The minimum absolute atomic E-state index is 0.0122. The van der Waals surface area contributed by atoms with E-state index in [1.807, 2.05) is 80.6 Å². The molecule has 3 aromatic carbocycles. The minimum Gasteiger partial charge on any atom is -0.491 e. The lowest BCUT2D eigenvalue weighted by molar-refractivity contribution is 0.143. The molecule has 0 bridgehead atoms. The van der Waals surface area contributed by atoms with Gasteiger partial charge in [-0.05, 0) is 80.3 Å². The third kappa shape index (κ3) is 5.72. The van der Waals surface area contributed by atoms with Crippen LogP contribution in [0.4, 0.5) is 20.4 Å². The zero-order chi connectivity index (χ0) is 28.5. The second-order valence-electron chi connectivity index (χ2n) is 9.73. The van der Waals surface area contributed by atoms with E-state index in [0.717, 1.165) is 45.4 Å². The van der Waals surface area contributed by atoms with Gasteiger partial charge in [-0.15, -0.1) is 11.3 Å². The standard InChI is InChI=1S/C30H26N4O5S2/c1-17(2)38-21-13-11-19(12-14-21)25-26(39-30(36)37)32-27(41-25)20-10-9-18-6-5-15-34(23(18)16-20)29(35)33-28-31-22-7-3-4-8-24(22)40-28/h3-4,7-14,16-17H,5-6,15H2,1-2H3,(H,36,37)(H,31,33,35). The SMILES string of the molecule is CC(C)Oc1ccc(-c2sc(-c3ccc4c(c3)N(C(=O)Nc3nc5ccccc5s3)CCC4)nc2OC(=O)O)cc1. The predicted octanol–water partition coefficient (Wildman–Crippen LogP) is 7.92. The first-order valence-electron chi connectivity index (χ1n) is 13.1.